The third-order valence-corrected chi connectivity index (χ3v) is 2.46. The van der Waals surface area contributed by atoms with Gasteiger partial charge in [-0.15, -0.1) is 0 Å². The summed E-state index contributed by atoms with van der Waals surface area (Å²) in [5.74, 6) is 0. The Morgan fingerprint density at radius 3 is 2.75 bits per heavy atom. The fraction of sp³-hybridized carbons (Fsp3) is 0.167. The Bertz CT molecular complexity index is 316. The van der Waals surface area contributed by atoms with Crippen molar-refractivity contribution in [3.05, 3.63) is 32.5 Å². The van der Waals surface area contributed by atoms with Crippen molar-refractivity contribution in [2.24, 2.45) is 0 Å². The van der Waals surface area contributed by atoms with Crippen molar-refractivity contribution in [3.63, 3.8) is 0 Å². The van der Waals surface area contributed by atoms with Crippen LogP contribution in [0.3, 0.4) is 0 Å². The molecule has 0 amide bonds. The lowest BCUT2D eigenvalue weighted by Gasteiger charge is -1.97. The lowest BCUT2D eigenvalue weighted by atomic mass is 10.3. The molecule has 1 heterocycles. The second-order valence-electron chi connectivity index (χ2n) is 2.01. The number of alkyl halides is 1. The van der Waals surface area contributed by atoms with Gasteiger partial charge in [-0.05, 0) is 15.9 Å². The van der Waals surface area contributed by atoms with Crippen LogP contribution in [0.15, 0.2) is 16.7 Å². The molecule has 0 aliphatic rings. The highest BCUT2D eigenvalue weighted by atomic mass is 79.9. The molecule has 6 heteroatoms. The molecule has 0 aromatic carbocycles. The van der Waals surface area contributed by atoms with Crippen LogP contribution in [0, 0.1) is 10.1 Å². The van der Waals surface area contributed by atoms with E-state index < -0.39 is 4.92 Å². The SMILES string of the molecule is O=[N+]([O-])c1cnc(CBr)c(Br)c1. The van der Waals surface area contributed by atoms with Gasteiger partial charge >= 0.3 is 0 Å². The van der Waals surface area contributed by atoms with Crippen molar-refractivity contribution in [1.29, 1.82) is 0 Å². The monoisotopic (exact) mass is 294 g/mol. The van der Waals surface area contributed by atoms with Crippen LogP contribution >= 0.6 is 31.9 Å². The van der Waals surface area contributed by atoms with Gasteiger partial charge in [-0.3, -0.25) is 15.1 Å². The number of halogens is 2. The zero-order valence-electron chi connectivity index (χ0n) is 5.83. The molecule has 1 aromatic heterocycles. The highest BCUT2D eigenvalue weighted by Crippen LogP contribution is 2.21. The third-order valence-electron chi connectivity index (χ3n) is 1.24. The molecular weight excluding hydrogens is 292 g/mol. The molecule has 0 bridgehead atoms. The molecule has 12 heavy (non-hydrogen) atoms. The molecule has 0 atom stereocenters. The van der Waals surface area contributed by atoms with Crippen molar-refractivity contribution in [1.82, 2.24) is 4.98 Å². The van der Waals surface area contributed by atoms with Crippen molar-refractivity contribution < 1.29 is 4.92 Å². The van der Waals surface area contributed by atoms with Gasteiger partial charge in [-0.1, -0.05) is 15.9 Å². The van der Waals surface area contributed by atoms with E-state index in [2.05, 4.69) is 36.8 Å². The average Bonchev–Trinajstić information content (AvgIpc) is 2.04. The lowest BCUT2D eigenvalue weighted by molar-refractivity contribution is -0.385. The maximum atomic E-state index is 10.3. The summed E-state index contributed by atoms with van der Waals surface area (Å²) < 4.78 is 0.647. The standard InChI is InChI=1S/C6H4Br2N2O2/c7-2-6-5(8)1-4(3-9-6)10(11)12/h1,3H,2H2. The van der Waals surface area contributed by atoms with E-state index in [9.17, 15) is 10.1 Å². The number of aromatic nitrogens is 1. The Morgan fingerprint density at radius 2 is 2.33 bits per heavy atom. The minimum atomic E-state index is -0.476. The number of rotatable bonds is 2. The second-order valence-corrected chi connectivity index (χ2v) is 3.43. The van der Waals surface area contributed by atoms with E-state index in [-0.39, 0.29) is 5.69 Å². The first-order chi connectivity index (χ1) is 5.65. The van der Waals surface area contributed by atoms with Crippen LogP contribution in [-0.4, -0.2) is 9.91 Å². The van der Waals surface area contributed by atoms with Crippen LogP contribution in [0.5, 0.6) is 0 Å². The second kappa shape index (κ2) is 3.95. The number of hydrogen-bond acceptors (Lipinski definition) is 3. The summed E-state index contributed by atoms with van der Waals surface area (Å²) >= 11 is 6.39. The summed E-state index contributed by atoms with van der Waals surface area (Å²) in [6, 6.07) is 1.43. The molecule has 0 aliphatic heterocycles. The Hall–Kier alpha value is -0.490. The van der Waals surface area contributed by atoms with Crippen molar-refractivity contribution in [2.75, 3.05) is 0 Å². The van der Waals surface area contributed by atoms with Crippen molar-refractivity contribution in [2.45, 2.75) is 5.33 Å². The molecule has 1 rings (SSSR count). The van der Waals surface area contributed by atoms with E-state index in [4.69, 9.17) is 0 Å². The van der Waals surface area contributed by atoms with E-state index in [0.717, 1.165) is 5.69 Å². The van der Waals surface area contributed by atoms with Crippen LogP contribution in [-0.2, 0) is 5.33 Å². The molecule has 0 unspecified atom stereocenters. The average molecular weight is 296 g/mol. The van der Waals surface area contributed by atoms with E-state index in [1.54, 1.807) is 0 Å². The summed E-state index contributed by atoms with van der Waals surface area (Å²) in [6.45, 7) is 0. The number of hydrogen-bond donors (Lipinski definition) is 0. The molecule has 0 spiro atoms. The predicted octanol–water partition coefficient (Wildman–Crippen LogP) is 2.65. The molecule has 0 aliphatic carbocycles. The minimum Gasteiger partial charge on any atom is -0.258 e. The summed E-state index contributed by atoms with van der Waals surface area (Å²) in [4.78, 5) is 13.7. The van der Waals surface area contributed by atoms with Crippen LogP contribution in [0.25, 0.3) is 0 Å². The van der Waals surface area contributed by atoms with Crippen molar-refractivity contribution in [3.8, 4) is 0 Å². The highest BCUT2D eigenvalue weighted by Gasteiger charge is 2.08. The number of pyridine rings is 1. The molecule has 64 valence electrons. The Balaban J connectivity index is 3.10. The van der Waals surface area contributed by atoms with E-state index in [0.29, 0.717) is 9.80 Å². The van der Waals surface area contributed by atoms with Crippen LogP contribution in [0.4, 0.5) is 5.69 Å². The molecule has 0 radical (unpaired) electrons. The largest absolute Gasteiger partial charge is 0.288 e. The molecule has 0 saturated carbocycles. The first kappa shape index (κ1) is 9.60. The zero-order chi connectivity index (χ0) is 9.14. The summed E-state index contributed by atoms with van der Waals surface area (Å²) in [5, 5.41) is 10.9. The molecule has 1 aromatic rings. The molecular formula is C6H4Br2N2O2. The predicted molar refractivity (Wildman–Crippen MR) is 51.2 cm³/mol. The van der Waals surface area contributed by atoms with Gasteiger partial charge in [0.1, 0.15) is 6.20 Å². The Labute approximate surface area is 85.4 Å². The maximum Gasteiger partial charge on any atom is 0.288 e. The van der Waals surface area contributed by atoms with Gasteiger partial charge in [0.25, 0.3) is 5.69 Å². The summed E-state index contributed by atoms with van der Waals surface area (Å²) in [6.07, 6.45) is 1.24. The van der Waals surface area contributed by atoms with Crippen molar-refractivity contribution >= 4 is 37.5 Å². The van der Waals surface area contributed by atoms with E-state index in [1.807, 2.05) is 0 Å². The summed E-state index contributed by atoms with van der Waals surface area (Å²) in [7, 11) is 0. The lowest BCUT2D eigenvalue weighted by Crippen LogP contribution is -1.92. The van der Waals surface area contributed by atoms with Gasteiger partial charge < -0.3 is 0 Å². The number of nitro groups is 1. The number of nitrogens with zero attached hydrogens (tertiary/aromatic N) is 2. The summed E-state index contributed by atoms with van der Waals surface area (Å²) in [5.41, 5.74) is 0.743. The topological polar surface area (TPSA) is 56.0 Å². The molecule has 0 N–H and O–H groups in total. The first-order valence-electron chi connectivity index (χ1n) is 3.00. The van der Waals surface area contributed by atoms with Gasteiger partial charge in [-0.25, -0.2) is 0 Å². The molecule has 0 fully saturated rings. The smallest absolute Gasteiger partial charge is 0.258 e. The zero-order valence-corrected chi connectivity index (χ0v) is 9.00. The molecule has 4 nitrogen and oxygen atoms in total. The third kappa shape index (κ3) is 2.01. The van der Waals surface area contributed by atoms with Gasteiger partial charge in [0.2, 0.25) is 0 Å². The quantitative estimate of drug-likeness (QED) is 0.479. The van der Waals surface area contributed by atoms with Gasteiger partial charge in [0, 0.05) is 15.9 Å². The minimum absolute atomic E-state index is 0.00780. The molecule has 0 saturated heterocycles. The van der Waals surface area contributed by atoms with Crippen LogP contribution in [0.2, 0.25) is 0 Å². The van der Waals surface area contributed by atoms with E-state index in [1.165, 1.54) is 12.3 Å². The van der Waals surface area contributed by atoms with Gasteiger partial charge in [0.15, 0.2) is 0 Å². The van der Waals surface area contributed by atoms with Crippen LogP contribution in [0.1, 0.15) is 5.69 Å². The normalized spacial score (nSPS) is 9.83. The fourth-order valence-electron chi connectivity index (χ4n) is 0.654. The Morgan fingerprint density at radius 1 is 1.67 bits per heavy atom. The van der Waals surface area contributed by atoms with Gasteiger partial charge in [-0.2, -0.15) is 0 Å². The Kier molecular flexibility index (Phi) is 3.16. The highest BCUT2D eigenvalue weighted by molar-refractivity contribution is 9.10. The van der Waals surface area contributed by atoms with Crippen LogP contribution < -0.4 is 0 Å². The maximum absolute atomic E-state index is 10.3. The van der Waals surface area contributed by atoms with Gasteiger partial charge in [0.05, 0.1) is 10.6 Å². The first-order valence-corrected chi connectivity index (χ1v) is 4.91. The van der Waals surface area contributed by atoms with E-state index >= 15 is 0 Å². The fourth-order valence-corrected chi connectivity index (χ4v) is 1.95.